The number of benzene rings is 1. The van der Waals surface area contributed by atoms with Crippen molar-refractivity contribution in [1.82, 2.24) is 0 Å². The van der Waals surface area contributed by atoms with E-state index in [9.17, 15) is 0 Å². The van der Waals surface area contributed by atoms with Gasteiger partial charge in [0.15, 0.2) is 0 Å². The van der Waals surface area contributed by atoms with Gasteiger partial charge in [0, 0.05) is 5.92 Å². The third kappa shape index (κ3) is 3.52. The lowest BCUT2D eigenvalue weighted by Crippen LogP contribution is -1.96. The number of hydrogen-bond donors (Lipinski definition) is 0. The Hall–Kier alpha value is -1.04. The van der Waals surface area contributed by atoms with Gasteiger partial charge in [-0.3, -0.25) is 0 Å². The fourth-order valence-corrected chi connectivity index (χ4v) is 1.97. The van der Waals surface area contributed by atoms with Crippen LogP contribution in [0.2, 0.25) is 0 Å². The zero-order valence-corrected chi connectivity index (χ0v) is 10.8. The summed E-state index contributed by atoms with van der Waals surface area (Å²) < 4.78 is 0. The molecule has 87 valence electrons. The van der Waals surface area contributed by atoms with Crippen LogP contribution >= 0.6 is 0 Å². The predicted molar refractivity (Wildman–Crippen MR) is 72.6 cm³/mol. The van der Waals surface area contributed by atoms with E-state index in [-0.39, 0.29) is 0 Å². The fraction of sp³-hybridized carbons (Fsp3) is 0.438. The molecule has 1 rings (SSSR count). The molecular weight excluding hydrogens is 192 g/mol. The molecule has 0 unspecified atom stereocenters. The van der Waals surface area contributed by atoms with E-state index in [1.807, 2.05) is 6.08 Å². The molecule has 0 aliphatic rings. The van der Waals surface area contributed by atoms with Crippen LogP contribution in [0, 0.1) is 5.92 Å². The Morgan fingerprint density at radius 3 is 1.94 bits per heavy atom. The van der Waals surface area contributed by atoms with Crippen molar-refractivity contribution in [2.24, 2.45) is 0 Å². The van der Waals surface area contributed by atoms with Gasteiger partial charge in [0.2, 0.25) is 0 Å². The first-order chi connectivity index (χ1) is 7.71. The summed E-state index contributed by atoms with van der Waals surface area (Å²) in [6, 6.07) is 6.96. The molecule has 0 N–H and O–H groups in total. The molecule has 0 aliphatic carbocycles. The highest BCUT2D eigenvalue weighted by Gasteiger charge is 2.05. The standard InChI is InChI=1S/C16H23/c1-5-8-14-10-15(9-6-2)12-16(11-14)13(4)7-3/h7,10-12H,3,5-6,8-9H2,1-2,4H3. The molecule has 0 atom stereocenters. The first kappa shape index (κ1) is 13.0. The third-order valence-corrected chi connectivity index (χ3v) is 2.89. The quantitative estimate of drug-likeness (QED) is 0.644. The minimum absolute atomic E-state index is 1.18. The Balaban J connectivity index is 3.02. The Bertz CT molecular complexity index is 312. The highest BCUT2D eigenvalue weighted by molar-refractivity contribution is 5.41. The van der Waals surface area contributed by atoms with Crippen molar-refractivity contribution in [2.75, 3.05) is 0 Å². The minimum Gasteiger partial charge on any atom is -0.102 e. The molecule has 0 saturated carbocycles. The Kier molecular flexibility index (Phi) is 5.31. The highest BCUT2D eigenvalue weighted by atomic mass is 14.1. The van der Waals surface area contributed by atoms with Crippen molar-refractivity contribution in [3.05, 3.63) is 53.5 Å². The van der Waals surface area contributed by atoms with E-state index in [0.717, 1.165) is 0 Å². The molecule has 0 spiro atoms. The molecule has 0 heteroatoms. The van der Waals surface area contributed by atoms with E-state index in [1.165, 1.54) is 48.3 Å². The number of hydrogen-bond acceptors (Lipinski definition) is 0. The van der Waals surface area contributed by atoms with E-state index >= 15 is 0 Å². The summed E-state index contributed by atoms with van der Waals surface area (Å²) in [5, 5.41) is 0. The first-order valence-corrected chi connectivity index (χ1v) is 6.30. The van der Waals surface area contributed by atoms with E-state index in [2.05, 4.69) is 45.5 Å². The molecule has 0 saturated heterocycles. The molecule has 16 heavy (non-hydrogen) atoms. The van der Waals surface area contributed by atoms with Crippen molar-refractivity contribution in [1.29, 1.82) is 0 Å². The zero-order chi connectivity index (χ0) is 12.0. The summed E-state index contributed by atoms with van der Waals surface area (Å²) in [6.45, 7) is 10.4. The Labute approximate surface area is 100 Å². The van der Waals surface area contributed by atoms with Crippen LogP contribution in [0.15, 0.2) is 30.9 Å². The van der Waals surface area contributed by atoms with Crippen LogP contribution in [-0.2, 0) is 12.8 Å². The van der Waals surface area contributed by atoms with Crippen LogP contribution in [0.1, 0.15) is 50.3 Å². The average Bonchev–Trinajstić information content (AvgIpc) is 2.28. The van der Waals surface area contributed by atoms with E-state index in [0.29, 0.717) is 0 Å². The molecular formula is C16H23. The van der Waals surface area contributed by atoms with Crippen LogP contribution in [0.4, 0.5) is 0 Å². The number of aryl methyl sites for hydroxylation is 2. The van der Waals surface area contributed by atoms with Crippen LogP contribution in [0.25, 0.3) is 0 Å². The van der Waals surface area contributed by atoms with Gasteiger partial charge in [-0.25, -0.2) is 0 Å². The van der Waals surface area contributed by atoms with E-state index in [4.69, 9.17) is 0 Å². The van der Waals surface area contributed by atoms with Crippen molar-refractivity contribution >= 4 is 0 Å². The molecule has 0 fully saturated rings. The molecule has 1 radical (unpaired) electrons. The van der Waals surface area contributed by atoms with Gasteiger partial charge in [0.05, 0.1) is 0 Å². The molecule has 0 nitrogen and oxygen atoms in total. The maximum Gasteiger partial charge on any atom is 0.0230 e. The lowest BCUT2D eigenvalue weighted by molar-refractivity contribution is 0.891. The second kappa shape index (κ2) is 6.52. The Morgan fingerprint density at radius 2 is 1.56 bits per heavy atom. The molecule has 0 bridgehead atoms. The fourth-order valence-electron chi connectivity index (χ4n) is 1.97. The van der Waals surface area contributed by atoms with Gasteiger partial charge in [0.25, 0.3) is 0 Å². The number of rotatable bonds is 6. The maximum absolute atomic E-state index is 3.85. The monoisotopic (exact) mass is 215 g/mol. The van der Waals surface area contributed by atoms with Gasteiger partial charge in [0.1, 0.15) is 0 Å². The van der Waals surface area contributed by atoms with E-state index in [1.54, 1.807) is 0 Å². The van der Waals surface area contributed by atoms with Gasteiger partial charge in [-0.1, -0.05) is 57.9 Å². The second-order valence-corrected chi connectivity index (χ2v) is 4.43. The average molecular weight is 215 g/mol. The summed E-state index contributed by atoms with van der Waals surface area (Å²) in [6.07, 6.45) is 6.72. The molecule has 1 aromatic rings. The Morgan fingerprint density at radius 1 is 1.06 bits per heavy atom. The van der Waals surface area contributed by atoms with Crippen LogP contribution in [0.5, 0.6) is 0 Å². The molecule has 0 amide bonds. The van der Waals surface area contributed by atoms with Gasteiger partial charge in [-0.2, -0.15) is 0 Å². The van der Waals surface area contributed by atoms with Gasteiger partial charge < -0.3 is 0 Å². The summed E-state index contributed by atoms with van der Waals surface area (Å²) in [4.78, 5) is 0. The van der Waals surface area contributed by atoms with Crippen LogP contribution in [-0.4, -0.2) is 0 Å². The molecule has 1 aromatic carbocycles. The SMILES string of the molecule is C=C[C](C)c1cc(CCC)cc(CCC)c1. The van der Waals surface area contributed by atoms with Gasteiger partial charge >= 0.3 is 0 Å². The predicted octanol–water partition coefficient (Wildman–Crippen LogP) is 4.72. The van der Waals surface area contributed by atoms with Crippen molar-refractivity contribution in [2.45, 2.75) is 46.5 Å². The number of allylic oxidation sites excluding steroid dienone is 1. The van der Waals surface area contributed by atoms with Crippen molar-refractivity contribution in [3.8, 4) is 0 Å². The van der Waals surface area contributed by atoms with E-state index < -0.39 is 0 Å². The summed E-state index contributed by atoms with van der Waals surface area (Å²) in [5.74, 6) is 1.27. The highest BCUT2D eigenvalue weighted by Crippen LogP contribution is 2.20. The molecule has 0 aromatic heterocycles. The van der Waals surface area contributed by atoms with Crippen LogP contribution in [0.3, 0.4) is 0 Å². The zero-order valence-electron chi connectivity index (χ0n) is 10.8. The van der Waals surface area contributed by atoms with Gasteiger partial charge in [-0.05, 0) is 29.5 Å². The topological polar surface area (TPSA) is 0 Å². The van der Waals surface area contributed by atoms with Crippen molar-refractivity contribution in [3.63, 3.8) is 0 Å². The smallest absolute Gasteiger partial charge is 0.0230 e. The summed E-state index contributed by atoms with van der Waals surface area (Å²) >= 11 is 0. The maximum atomic E-state index is 3.85. The first-order valence-electron chi connectivity index (χ1n) is 6.30. The normalized spacial score (nSPS) is 10.8. The van der Waals surface area contributed by atoms with Crippen molar-refractivity contribution < 1.29 is 0 Å². The molecule has 0 heterocycles. The summed E-state index contributed by atoms with van der Waals surface area (Å²) in [5.41, 5.74) is 4.26. The van der Waals surface area contributed by atoms with Gasteiger partial charge in [-0.15, -0.1) is 6.58 Å². The largest absolute Gasteiger partial charge is 0.102 e. The second-order valence-electron chi connectivity index (χ2n) is 4.43. The third-order valence-electron chi connectivity index (χ3n) is 2.89. The minimum atomic E-state index is 1.18. The lowest BCUT2D eigenvalue weighted by Gasteiger charge is -2.11. The molecule has 0 aliphatic heterocycles. The summed E-state index contributed by atoms with van der Waals surface area (Å²) in [7, 11) is 0. The lowest BCUT2D eigenvalue weighted by atomic mass is 9.93. The van der Waals surface area contributed by atoms with Crippen LogP contribution < -0.4 is 0 Å².